The summed E-state index contributed by atoms with van der Waals surface area (Å²) in [5.74, 6) is -0.195. The van der Waals surface area contributed by atoms with Crippen LogP contribution in [0.25, 0.3) is 0 Å². The first kappa shape index (κ1) is 19.4. The lowest BCUT2D eigenvalue weighted by Gasteiger charge is -2.19. The molecule has 0 aliphatic heterocycles. The number of carbonyl (C=O) groups excluding carboxylic acids is 1. The molecule has 0 unspecified atom stereocenters. The molecule has 0 bridgehead atoms. The zero-order chi connectivity index (χ0) is 15.1. The lowest BCUT2D eigenvalue weighted by atomic mass is 10.1. The van der Waals surface area contributed by atoms with E-state index in [2.05, 4.69) is 6.92 Å². The topological polar surface area (TPSA) is 70.0 Å². The number of aliphatic hydroxyl groups is 2. The number of nitrogens with zero attached hydrogens (tertiary/aromatic N) is 1. The number of aliphatic hydroxyl groups excluding tert-OH is 2. The monoisotopic (exact) mass is 289 g/mol. The van der Waals surface area contributed by atoms with Gasteiger partial charge in [0.2, 0.25) is 0 Å². The fourth-order valence-corrected chi connectivity index (χ4v) is 1.99. The summed E-state index contributed by atoms with van der Waals surface area (Å²) in [6.07, 6.45) is 8.70. The number of esters is 1. The van der Waals surface area contributed by atoms with E-state index in [0.717, 1.165) is 12.8 Å². The Morgan fingerprint density at radius 3 is 2.05 bits per heavy atom. The van der Waals surface area contributed by atoms with Gasteiger partial charge in [-0.2, -0.15) is 0 Å². The lowest BCUT2D eigenvalue weighted by Crippen LogP contribution is -2.33. The second kappa shape index (κ2) is 14.8. The maximum absolute atomic E-state index is 11.5. The van der Waals surface area contributed by atoms with E-state index in [-0.39, 0.29) is 25.9 Å². The standard InChI is InChI=1S/C15H31NO4/c1-2-3-4-5-6-7-8-9-15(19)20-14-16(10-12-17)11-13-18/h17-18H,2-14H2,1H3. The third-order valence-electron chi connectivity index (χ3n) is 3.23. The normalized spacial score (nSPS) is 11.0. The summed E-state index contributed by atoms with van der Waals surface area (Å²) < 4.78 is 5.12. The van der Waals surface area contributed by atoms with Gasteiger partial charge in [0.1, 0.15) is 6.73 Å². The molecule has 0 aliphatic carbocycles. The molecule has 0 atom stereocenters. The van der Waals surface area contributed by atoms with Gasteiger partial charge < -0.3 is 14.9 Å². The van der Waals surface area contributed by atoms with Gasteiger partial charge in [0.05, 0.1) is 13.2 Å². The van der Waals surface area contributed by atoms with Gasteiger partial charge in [-0.05, 0) is 6.42 Å². The van der Waals surface area contributed by atoms with Crippen molar-refractivity contribution in [3.8, 4) is 0 Å². The second-order valence-corrected chi connectivity index (χ2v) is 5.08. The maximum Gasteiger partial charge on any atom is 0.307 e. The van der Waals surface area contributed by atoms with Gasteiger partial charge in [-0.1, -0.05) is 45.4 Å². The first-order valence-corrected chi connectivity index (χ1v) is 7.84. The van der Waals surface area contributed by atoms with E-state index in [1.807, 2.05) is 0 Å². The van der Waals surface area contributed by atoms with Crippen molar-refractivity contribution in [2.45, 2.75) is 58.3 Å². The van der Waals surface area contributed by atoms with Gasteiger partial charge in [-0.25, -0.2) is 0 Å². The summed E-state index contributed by atoms with van der Waals surface area (Å²) in [7, 11) is 0. The molecule has 0 radical (unpaired) electrons. The summed E-state index contributed by atoms with van der Waals surface area (Å²) >= 11 is 0. The van der Waals surface area contributed by atoms with Crippen molar-refractivity contribution in [3.05, 3.63) is 0 Å². The van der Waals surface area contributed by atoms with E-state index in [9.17, 15) is 4.79 Å². The molecular formula is C15H31NO4. The van der Waals surface area contributed by atoms with Crippen LogP contribution in [0.4, 0.5) is 0 Å². The fourth-order valence-electron chi connectivity index (χ4n) is 1.99. The Kier molecular flexibility index (Phi) is 14.3. The molecule has 0 amide bonds. The largest absolute Gasteiger partial charge is 0.449 e. The molecule has 0 rings (SSSR count). The van der Waals surface area contributed by atoms with Crippen molar-refractivity contribution >= 4 is 5.97 Å². The minimum Gasteiger partial charge on any atom is -0.449 e. The Hall–Kier alpha value is -0.650. The molecule has 0 saturated heterocycles. The average Bonchev–Trinajstić information content (AvgIpc) is 2.44. The molecule has 20 heavy (non-hydrogen) atoms. The van der Waals surface area contributed by atoms with E-state index in [0.29, 0.717) is 19.5 Å². The van der Waals surface area contributed by atoms with Gasteiger partial charge in [0.25, 0.3) is 0 Å². The Bertz CT molecular complexity index is 218. The zero-order valence-corrected chi connectivity index (χ0v) is 12.9. The predicted octanol–water partition coefficient (Wildman–Crippen LogP) is 1.91. The van der Waals surface area contributed by atoms with E-state index >= 15 is 0 Å². The van der Waals surface area contributed by atoms with Gasteiger partial charge in [-0.15, -0.1) is 0 Å². The summed E-state index contributed by atoms with van der Waals surface area (Å²) in [4.78, 5) is 13.2. The Balaban J connectivity index is 3.47. The van der Waals surface area contributed by atoms with Crippen molar-refractivity contribution in [1.29, 1.82) is 0 Å². The molecule has 0 spiro atoms. The molecule has 0 aromatic carbocycles. The first-order chi connectivity index (χ1) is 9.74. The van der Waals surface area contributed by atoms with E-state index in [1.54, 1.807) is 4.90 Å². The molecule has 0 aromatic rings. The van der Waals surface area contributed by atoms with Crippen LogP contribution in [0.2, 0.25) is 0 Å². The van der Waals surface area contributed by atoms with Crippen molar-refractivity contribution in [2.24, 2.45) is 0 Å². The number of hydrogen-bond acceptors (Lipinski definition) is 5. The molecule has 0 aliphatic rings. The molecule has 5 heteroatoms. The third-order valence-corrected chi connectivity index (χ3v) is 3.23. The van der Waals surface area contributed by atoms with Crippen LogP contribution in [0.3, 0.4) is 0 Å². The average molecular weight is 289 g/mol. The molecule has 5 nitrogen and oxygen atoms in total. The summed E-state index contributed by atoms with van der Waals surface area (Å²) in [6.45, 7) is 3.16. The molecule has 0 saturated carbocycles. The second-order valence-electron chi connectivity index (χ2n) is 5.08. The van der Waals surface area contributed by atoms with E-state index < -0.39 is 0 Å². The van der Waals surface area contributed by atoms with Crippen LogP contribution in [0, 0.1) is 0 Å². The summed E-state index contributed by atoms with van der Waals surface area (Å²) in [6, 6.07) is 0. The highest BCUT2D eigenvalue weighted by molar-refractivity contribution is 5.69. The van der Waals surface area contributed by atoms with E-state index in [1.165, 1.54) is 32.1 Å². The summed E-state index contributed by atoms with van der Waals surface area (Å²) in [5.41, 5.74) is 0. The van der Waals surface area contributed by atoms with Crippen molar-refractivity contribution in [2.75, 3.05) is 33.0 Å². The molecule has 2 N–H and O–H groups in total. The van der Waals surface area contributed by atoms with Crippen LogP contribution >= 0.6 is 0 Å². The van der Waals surface area contributed by atoms with Crippen LogP contribution in [-0.4, -0.2) is 54.1 Å². The van der Waals surface area contributed by atoms with Crippen LogP contribution in [-0.2, 0) is 9.53 Å². The van der Waals surface area contributed by atoms with Crippen molar-refractivity contribution in [3.63, 3.8) is 0 Å². The number of ether oxygens (including phenoxy) is 1. The maximum atomic E-state index is 11.5. The highest BCUT2D eigenvalue weighted by atomic mass is 16.5. The molecule has 0 aromatic heterocycles. The first-order valence-electron chi connectivity index (χ1n) is 7.84. The van der Waals surface area contributed by atoms with Gasteiger partial charge in [0.15, 0.2) is 0 Å². The summed E-state index contributed by atoms with van der Waals surface area (Å²) in [5, 5.41) is 17.7. The van der Waals surface area contributed by atoms with Crippen molar-refractivity contribution < 1.29 is 19.7 Å². The fraction of sp³-hybridized carbons (Fsp3) is 0.933. The highest BCUT2D eigenvalue weighted by Gasteiger charge is 2.07. The van der Waals surface area contributed by atoms with Crippen LogP contribution < -0.4 is 0 Å². The quantitative estimate of drug-likeness (QED) is 0.290. The molecular weight excluding hydrogens is 258 g/mol. The number of carbonyl (C=O) groups is 1. The van der Waals surface area contributed by atoms with Gasteiger partial charge in [-0.3, -0.25) is 9.69 Å². The molecule has 0 fully saturated rings. The van der Waals surface area contributed by atoms with Gasteiger partial charge in [0, 0.05) is 19.5 Å². The molecule has 0 heterocycles. The number of unbranched alkanes of at least 4 members (excludes halogenated alkanes) is 6. The van der Waals surface area contributed by atoms with Gasteiger partial charge >= 0.3 is 5.97 Å². The third kappa shape index (κ3) is 12.4. The predicted molar refractivity (Wildman–Crippen MR) is 79.3 cm³/mol. The van der Waals surface area contributed by atoms with E-state index in [4.69, 9.17) is 14.9 Å². The molecule has 120 valence electrons. The Labute approximate surface area is 122 Å². The number of hydrogen-bond donors (Lipinski definition) is 2. The van der Waals surface area contributed by atoms with Crippen LogP contribution in [0.15, 0.2) is 0 Å². The minimum absolute atomic E-state index is 0.00465. The number of rotatable bonds is 14. The van der Waals surface area contributed by atoms with Crippen molar-refractivity contribution in [1.82, 2.24) is 4.90 Å². The zero-order valence-electron chi connectivity index (χ0n) is 12.9. The smallest absolute Gasteiger partial charge is 0.307 e. The van der Waals surface area contributed by atoms with Crippen LogP contribution in [0.5, 0.6) is 0 Å². The highest BCUT2D eigenvalue weighted by Crippen LogP contribution is 2.08. The van der Waals surface area contributed by atoms with Crippen LogP contribution in [0.1, 0.15) is 58.3 Å². The minimum atomic E-state index is -0.195. The Morgan fingerprint density at radius 2 is 1.50 bits per heavy atom. The lowest BCUT2D eigenvalue weighted by molar-refractivity contribution is -0.149. The Morgan fingerprint density at radius 1 is 0.950 bits per heavy atom. The SMILES string of the molecule is CCCCCCCCCC(=O)OCN(CCO)CCO.